The van der Waals surface area contributed by atoms with E-state index < -0.39 is 23.6 Å². The molecule has 0 atom stereocenters. The maximum atomic E-state index is 12.5. The van der Waals surface area contributed by atoms with Crippen LogP contribution < -0.4 is 4.90 Å². The molecule has 0 spiro atoms. The van der Waals surface area contributed by atoms with E-state index in [4.69, 9.17) is 0 Å². The first kappa shape index (κ1) is 16.8. The van der Waals surface area contributed by atoms with Gasteiger partial charge in [-0.1, -0.05) is 26.0 Å². The Morgan fingerprint density at radius 2 is 1.70 bits per heavy atom. The van der Waals surface area contributed by atoms with Crippen molar-refractivity contribution in [1.29, 1.82) is 0 Å². The van der Waals surface area contributed by atoms with E-state index in [-0.39, 0.29) is 17.9 Å². The van der Waals surface area contributed by atoms with Crippen LogP contribution in [0.25, 0.3) is 0 Å². The van der Waals surface area contributed by atoms with Gasteiger partial charge in [0.2, 0.25) is 5.76 Å². The van der Waals surface area contributed by atoms with Crippen molar-refractivity contribution in [3.8, 4) is 0 Å². The fraction of sp³-hybridized carbons (Fsp3) is 0.250. The van der Waals surface area contributed by atoms with E-state index in [1.54, 1.807) is 18.2 Å². The molecule has 4 nitrogen and oxygen atoms in total. The van der Waals surface area contributed by atoms with Gasteiger partial charge in [0.15, 0.2) is 0 Å². The van der Waals surface area contributed by atoms with E-state index in [0.29, 0.717) is 5.69 Å². The number of carbonyl (C=O) groups is 2. The lowest BCUT2D eigenvalue weighted by molar-refractivity contribution is -0.153. The number of anilines is 1. The number of alkyl halides is 3. The van der Waals surface area contributed by atoms with Gasteiger partial charge in [0, 0.05) is 0 Å². The molecule has 1 aromatic carbocycles. The summed E-state index contributed by atoms with van der Waals surface area (Å²) >= 11 is 0. The fourth-order valence-electron chi connectivity index (χ4n) is 2.18. The maximum absolute atomic E-state index is 12.5. The molecule has 0 saturated heterocycles. The van der Waals surface area contributed by atoms with E-state index in [2.05, 4.69) is 4.42 Å². The van der Waals surface area contributed by atoms with E-state index in [0.717, 1.165) is 17.0 Å². The summed E-state index contributed by atoms with van der Waals surface area (Å²) in [5, 5.41) is 0. The van der Waals surface area contributed by atoms with Gasteiger partial charge in [0.05, 0.1) is 17.8 Å². The van der Waals surface area contributed by atoms with Gasteiger partial charge < -0.3 is 4.42 Å². The predicted octanol–water partition coefficient (Wildman–Crippen LogP) is 4.05. The van der Waals surface area contributed by atoms with Crippen LogP contribution in [0.4, 0.5) is 18.9 Å². The molecule has 23 heavy (non-hydrogen) atoms. The van der Waals surface area contributed by atoms with Crippen LogP contribution in [0.5, 0.6) is 0 Å². The quantitative estimate of drug-likeness (QED) is 0.783. The lowest BCUT2D eigenvalue weighted by Gasteiger charge is -2.14. The Morgan fingerprint density at radius 3 is 2.30 bits per heavy atom. The average Bonchev–Trinajstić information content (AvgIpc) is 3.10. The molecule has 3 rings (SSSR count). The van der Waals surface area contributed by atoms with Crippen LogP contribution in [0, 0.1) is 0 Å². The van der Waals surface area contributed by atoms with Crippen LogP contribution in [-0.4, -0.2) is 11.7 Å². The van der Waals surface area contributed by atoms with Gasteiger partial charge in [-0.25, -0.2) is 0 Å². The van der Waals surface area contributed by atoms with Crippen LogP contribution >= 0.6 is 0 Å². The summed E-state index contributed by atoms with van der Waals surface area (Å²) in [5.41, 5.74) is 0.613. The average molecular weight is 325 g/mol. The third-order valence-electron chi connectivity index (χ3n) is 3.13. The number of hydrogen-bond acceptors (Lipinski definition) is 3. The molecule has 0 aliphatic carbocycles. The van der Waals surface area contributed by atoms with Gasteiger partial charge in [-0.15, -0.1) is 0 Å². The second-order valence-electron chi connectivity index (χ2n) is 4.50. The van der Waals surface area contributed by atoms with Crippen molar-refractivity contribution in [1.82, 2.24) is 0 Å². The van der Waals surface area contributed by atoms with Gasteiger partial charge in [-0.2, -0.15) is 13.2 Å². The Labute approximate surface area is 130 Å². The van der Waals surface area contributed by atoms with Gasteiger partial charge >= 0.3 is 6.18 Å². The first-order valence-corrected chi connectivity index (χ1v) is 6.99. The lowest BCUT2D eigenvalue weighted by atomic mass is 10.1. The van der Waals surface area contributed by atoms with E-state index in [1.165, 1.54) is 6.07 Å². The lowest BCUT2D eigenvalue weighted by Crippen LogP contribution is -2.28. The molecule has 0 radical (unpaired) electrons. The minimum absolute atomic E-state index is 0.0415. The molecule has 2 aromatic rings. The van der Waals surface area contributed by atoms with Gasteiger partial charge in [0.25, 0.3) is 11.7 Å². The summed E-state index contributed by atoms with van der Waals surface area (Å²) < 4.78 is 42.1. The van der Waals surface area contributed by atoms with Crippen molar-refractivity contribution in [2.75, 3.05) is 4.90 Å². The van der Waals surface area contributed by atoms with E-state index in [9.17, 15) is 22.8 Å². The number of hydrogen-bond donors (Lipinski definition) is 0. The second-order valence-corrected chi connectivity index (χ2v) is 4.50. The van der Waals surface area contributed by atoms with Crippen molar-refractivity contribution in [2.45, 2.75) is 26.6 Å². The number of benzene rings is 1. The van der Waals surface area contributed by atoms with Gasteiger partial charge in [-0.05, 0) is 24.3 Å². The molecule has 1 aliphatic heterocycles. The number of ketones is 1. The number of para-hydroxylation sites is 1. The van der Waals surface area contributed by atoms with E-state index in [1.807, 2.05) is 13.8 Å². The summed E-state index contributed by atoms with van der Waals surface area (Å²) in [6.07, 6.45) is -4.58. The topological polar surface area (TPSA) is 50.5 Å². The number of amides is 1. The third kappa shape index (κ3) is 3.13. The molecule has 1 aliphatic rings. The standard InChI is InChI=1S/C14H8F3NO3.C2H6/c15-14(16,17)11-6-5-8(21-11)7-18-10-4-2-1-3-9(10)12(19)13(18)20;1-2/h1-6H,7H2;1-2H3. The zero-order valence-electron chi connectivity index (χ0n) is 12.5. The Morgan fingerprint density at radius 1 is 1.04 bits per heavy atom. The first-order chi connectivity index (χ1) is 10.9. The smallest absolute Gasteiger partial charge is 0.449 e. The Balaban J connectivity index is 0.000000924. The summed E-state index contributed by atoms with van der Waals surface area (Å²) in [5.74, 6) is -2.63. The molecule has 0 bridgehead atoms. The highest BCUT2D eigenvalue weighted by molar-refractivity contribution is 6.52. The monoisotopic (exact) mass is 325 g/mol. The summed E-state index contributed by atoms with van der Waals surface area (Å²) in [6.45, 7) is 3.78. The predicted molar refractivity (Wildman–Crippen MR) is 77.0 cm³/mol. The van der Waals surface area contributed by atoms with Crippen molar-refractivity contribution in [3.63, 3.8) is 0 Å². The summed E-state index contributed by atoms with van der Waals surface area (Å²) in [6, 6.07) is 8.25. The SMILES string of the molecule is CC.O=C1C(=O)N(Cc2ccc(C(F)(F)F)o2)c2ccccc21. The van der Waals surface area contributed by atoms with Crippen LogP contribution in [-0.2, 0) is 17.5 Å². The first-order valence-electron chi connectivity index (χ1n) is 6.99. The number of nitrogens with zero attached hydrogens (tertiary/aromatic N) is 1. The van der Waals surface area contributed by atoms with Gasteiger partial charge in [0.1, 0.15) is 5.76 Å². The summed E-state index contributed by atoms with van der Waals surface area (Å²) in [4.78, 5) is 24.8. The molecular weight excluding hydrogens is 311 g/mol. The molecule has 1 aromatic heterocycles. The number of furan rings is 1. The number of halogens is 3. The fourth-order valence-corrected chi connectivity index (χ4v) is 2.18. The molecule has 2 heterocycles. The van der Waals surface area contributed by atoms with E-state index >= 15 is 0 Å². The zero-order chi connectivity index (χ0) is 17.2. The largest absolute Gasteiger partial charge is 0.455 e. The van der Waals surface area contributed by atoms with Crippen LogP contribution in [0.2, 0.25) is 0 Å². The minimum atomic E-state index is -4.58. The molecular formula is C16H14F3NO3. The Hall–Kier alpha value is -2.57. The normalized spacial score (nSPS) is 13.7. The molecule has 0 N–H and O–H groups in total. The summed E-state index contributed by atoms with van der Waals surface area (Å²) in [7, 11) is 0. The van der Waals surface area contributed by atoms with Crippen molar-refractivity contribution >= 4 is 17.4 Å². The number of fused-ring (bicyclic) bond motifs is 1. The maximum Gasteiger partial charge on any atom is 0.449 e. The molecule has 0 fully saturated rings. The van der Waals surface area contributed by atoms with Crippen molar-refractivity contribution in [2.24, 2.45) is 0 Å². The zero-order valence-corrected chi connectivity index (χ0v) is 12.5. The molecule has 7 heteroatoms. The second kappa shape index (κ2) is 6.28. The van der Waals surface area contributed by atoms with Crippen LogP contribution in [0.15, 0.2) is 40.8 Å². The minimum Gasteiger partial charge on any atom is -0.455 e. The molecule has 0 saturated carbocycles. The highest BCUT2D eigenvalue weighted by Crippen LogP contribution is 2.33. The number of carbonyl (C=O) groups excluding carboxylic acids is 2. The van der Waals surface area contributed by atoms with Crippen LogP contribution in [0.1, 0.15) is 35.7 Å². The Bertz CT molecular complexity index is 734. The molecule has 1 amide bonds. The number of rotatable bonds is 2. The third-order valence-corrected chi connectivity index (χ3v) is 3.13. The highest BCUT2D eigenvalue weighted by Gasteiger charge is 2.38. The molecule has 0 unspecified atom stereocenters. The Kier molecular flexibility index (Phi) is 4.58. The van der Waals surface area contributed by atoms with Gasteiger partial charge in [-0.3, -0.25) is 14.5 Å². The molecule has 122 valence electrons. The highest BCUT2D eigenvalue weighted by atomic mass is 19.4. The van der Waals surface area contributed by atoms with Crippen molar-refractivity contribution < 1.29 is 27.2 Å². The van der Waals surface area contributed by atoms with Crippen molar-refractivity contribution in [3.05, 3.63) is 53.5 Å². The number of Topliss-reactive ketones (excluding diaryl/α,β-unsaturated/α-hetero) is 1. The van der Waals surface area contributed by atoms with Crippen LogP contribution in [0.3, 0.4) is 0 Å².